The van der Waals surface area contributed by atoms with E-state index < -0.39 is 23.4 Å². The third-order valence-electron chi connectivity index (χ3n) is 4.51. The molecule has 1 atom stereocenters. The molecule has 9 nitrogen and oxygen atoms in total. The molecular formula is C18H22N6O3S. The van der Waals surface area contributed by atoms with Crippen molar-refractivity contribution in [2.75, 3.05) is 5.75 Å². The third-order valence-corrected chi connectivity index (χ3v) is 5.49. The van der Waals surface area contributed by atoms with Crippen molar-refractivity contribution in [1.82, 2.24) is 30.5 Å². The molecule has 28 heavy (non-hydrogen) atoms. The molecule has 1 aliphatic heterocycles. The number of urea groups is 1. The lowest BCUT2D eigenvalue weighted by Crippen LogP contribution is -2.49. The van der Waals surface area contributed by atoms with Crippen LogP contribution in [-0.2, 0) is 22.6 Å². The molecular weight excluding hydrogens is 380 g/mol. The van der Waals surface area contributed by atoms with Gasteiger partial charge in [-0.2, -0.15) is 5.01 Å². The van der Waals surface area contributed by atoms with Crippen molar-refractivity contribution in [2.24, 2.45) is 0 Å². The minimum atomic E-state index is -1.06. The summed E-state index contributed by atoms with van der Waals surface area (Å²) < 4.78 is 1.80. The minimum Gasteiger partial charge on any atom is -0.322 e. The molecule has 0 spiro atoms. The number of hydrazine groups is 1. The number of amides is 4. The number of carbonyl (C=O) groups excluding carboxylic acids is 3. The van der Waals surface area contributed by atoms with Crippen LogP contribution in [0.25, 0.3) is 0 Å². The van der Waals surface area contributed by atoms with Crippen molar-refractivity contribution >= 4 is 29.6 Å². The van der Waals surface area contributed by atoms with Crippen molar-refractivity contribution in [3.05, 3.63) is 42.2 Å². The highest BCUT2D eigenvalue weighted by Gasteiger charge is 2.48. The van der Waals surface area contributed by atoms with E-state index in [4.69, 9.17) is 0 Å². The van der Waals surface area contributed by atoms with Gasteiger partial charge in [-0.15, -0.1) is 10.2 Å². The molecule has 148 valence electrons. The van der Waals surface area contributed by atoms with Crippen LogP contribution in [0.2, 0.25) is 0 Å². The molecule has 2 aromatic rings. The number of aromatic nitrogens is 3. The Kier molecular flexibility index (Phi) is 5.98. The molecule has 1 fully saturated rings. The first-order valence-corrected chi connectivity index (χ1v) is 9.92. The summed E-state index contributed by atoms with van der Waals surface area (Å²) in [5.41, 5.74) is 2.40. The van der Waals surface area contributed by atoms with E-state index in [9.17, 15) is 14.4 Å². The lowest BCUT2D eigenvalue weighted by atomic mass is 9.93. The second-order valence-electron chi connectivity index (χ2n) is 6.61. The lowest BCUT2D eigenvalue weighted by Gasteiger charge is -2.21. The van der Waals surface area contributed by atoms with Gasteiger partial charge in [0, 0.05) is 6.54 Å². The molecule has 3 rings (SSSR count). The zero-order chi connectivity index (χ0) is 20.1. The van der Waals surface area contributed by atoms with Gasteiger partial charge in [0.25, 0.3) is 5.91 Å². The number of carbonyl (C=O) groups is 3. The maximum absolute atomic E-state index is 12.7. The summed E-state index contributed by atoms with van der Waals surface area (Å²) in [5.74, 6) is -0.925. The van der Waals surface area contributed by atoms with Crippen LogP contribution in [0, 0.1) is 0 Å². The maximum Gasteiger partial charge on any atom is 0.344 e. The number of imide groups is 1. The quantitative estimate of drug-likeness (QED) is 0.510. The predicted octanol–water partition coefficient (Wildman–Crippen LogP) is 1.36. The Hall–Kier alpha value is -2.88. The zero-order valence-corrected chi connectivity index (χ0v) is 16.5. The average molecular weight is 402 g/mol. The summed E-state index contributed by atoms with van der Waals surface area (Å²) >= 11 is 1.19. The van der Waals surface area contributed by atoms with Crippen LogP contribution in [0.3, 0.4) is 0 Å². The number of thioether (sulfide) groups is 1. The van der Waals surface area contributed by atoms with Gasteiger partial charge in [-0.05, 0) is 32.3 Å². The number of rotatable bonds is 8. The van der Waals surface area contributed by atoms with Crippen LogP contribution in [0.5, 0.6) is 0 Å². The fourth-order valence-corrected chi connectivity index (χ4v) is 3.63. The Bertz CT molecular complexity index is 871. The van der Waals surface area contributed by atoms with Crippen LogP contribution in [0.1, 0.15) is 25.8 Å². The van der Waals surface area contributed by atoms with Crippen LogP contribution in [0.15, 0.2) is 41.8 Å². The summed E-state index contributed by atoms with van der Waals surface area (Å²) in [4.78, 5) is 37.2. The number of nitrogens with zero attached hydrogens (tertiary/aromatic N) is 4. The topological polar surface area (TPSA) is 109 Å². The predicted molar refractivity (Wildman–Crippen MR) is 103 cm³/mol. The number of benzene rings is 1. The molecule has 1 saturated heterocycles. The van der Waals surface area contributed by atoms with Crippen molar-refractivity contribution in [2.45, 2.75) is 43.9 Å². The van der Waals surface area contributed by atoms with E-state index in [0.29, 0.717) is 24.5 Å². The molecule has 2 N–H and O–H groups in total. The highest BCUT2D eigenvalue weighted by atomic mass is 32.2. The SMILES string of the molecule is CCn1cnnc1SCC(=O)NN1C(=O)N[C@@](C)(CCc2ccccc2)C1=O. The molecule has 10 heteroatoms. The summed E-state index contributed by atoms with van der Waals surface area (Å²) in [5, 5.41) is 11.8. The smallest absolute Gasteiger partial charge is 0.322 e. The standard InChI is InChI=1S/C18H22N6O3S/c1-3-23-12-19-21-17(23)28-11-14(25)22-24-15(26)18(2,20-16(24)27)10-9-13-7-5-4-6-8-13/h4-8,12H,3,9-11H2,1-2H3,(H,20,27)(H,22,25)/t18-/m0/s1. The summed E-state index contributed by atoms with van der Waals surface area (Å²) in [6, 6.07) is 9.08. The molecule has 0 saturated carbocycles. The van der Waals surface area contributed by atoms with Crippen molar-refractivity contribution < 1.29 is 14.4 Å². The van der Waals surface area contributed by atoms with Gasteiger partial charge in [-0.25, -0.2) is 4.79 Å². The lowest BCUT2D eigenvalue weighted by molar-refractivity contribution is -0.138. The zero-order valence-electron chi connectivity index (χ0n) is 15.7. The van der Waals surface area contributed by atoms with Crippen molar-refractivity contribution in [1.29, 1.82) is 0 Å². The maximum atomic E-state index is 12.7. The number of aryl methyl sites for hydroxylation is 2. The fraction of sp³-hybridized carbons (Fsp3) is 0.389. The number of hydrogen-bond acceptors (Lipinski definition) is 6. The molecule has 1 aliphatic rings. The highest BCUT2D eigenvalue weighted by molar-refractivity contribution is 7.99. The van der Waals surface area contributed by atoms with E-state index in [2.05, 4.69) is 20.9 Å². The van der Waals surface area contributed by atoms with Crippen molar-refractivity contribution in [3.63, 3.8) is 0 Å². The van der Waals surface area contributed by atoms with Gasteiger partial charge in [0.2, 0.25) is 5.91 Å². The second-order valence-corrected chi connectivity index (χ2v) is 7.55. The first kappa shape index (κ1) is 19.9. The third kappa shape index (κ3) is 4.33. The van der Waals surface area contributed by atoms with E-state index in [-0.39, 0.29) is 5.75 Å². The van der Waals surface area contributed by atoms with Gasteiger partial charge in [0.05, 0.1) is 5.75 Å². The fourth-order valence-electron chi connectivity index (χ4n) is 2.85. The Balaban J connectivity index is 1.56. The van der Waals surface area contributed by atoms with E-state index in [1.807, 2.05) is 37.3 Å². The highest BCUT2D eigenvalue weighted by Crippen LogP contribution is 2.22. The Morgan fingerprint density at radius 3 is 2.75 bits per heavy atom. The second kappa shape index (κ2) is 8.42. The average Bonchev–Trinajstić information content (AvgIpc) is 3.24. The van der Waals surface area contributed by atoms with Crippen LogP contribution in [-0.4, -0.2) is 48.9 Å². The van der Waals surface area contributed by atoms with E-state index >= 15 is 0 Å². The van der Waals surface area contributed by atoms with Gasteiger partial charge in [-0.3, -0.25) is 15.0 Å². The normalized spacial score (nSPS) is 19.0. The number of nitrogens with one attached hydrogen (secondary N) is 2. The largest absolute Gasteiger partial charge is 0.344 e. The first-order chi connectivity index (χ1) is 13.4. The molecule has 0 aliphatic carbocycles. The van der Waals surface area contributed by atoms with Gasteiger partial charge in [0.15, 0.2) is 5.16 Å². The van der Waals surface area contributed by atoms with Crippen LogP contribution < -0.4 is 10.7 Å². The van der Waals surface area contributed by atoms with Crippen LogP contribution in [0.4, 0.5) is 4.79 Å². The summed E-state index contributed by atoms with van der Waals surface area (Å²) in [6.45, 7) is 4.29. The van der Waals surface area contributed by atoms with Gasteiger partial charge < -0.3 is 9.88 Å². The summed E-state index contributed by atoms with van der Waals surface area (Å²) in [7, 11) is 0. The monoisotopic (exact) mass is 402 g/mol. The van der Waals surface area contributed by atoms with Crippen LogP contribution >= 0.6 is 11.8 Å². The molecule has 1 aromatic carbocycles. The minimum absolute atomic E-state index is 0.0104. The molecule has 1 aromatic heterocycles. The Morgan fingerprint density at radius 2 is 2.04 bits per heavy atom. The number of hydrogen-bond donors (Lipinski definition) is 2. The van der Waals surface area contributed by atoms with Gasteiger partial charge in [0.1, 0.15) is 11.9 Å². The Morgan fingerprint density at radius 1 is 1.29 bits per heavy atom. The summed E-state index contributed by atoms with van der Waals surface area (Å²) in [6.07, 6.45) is 2.64. The van der Waals surface area contributed by atoms with Gasteiger partial charge >= 0.3 is 6.03 Å². The molecule has 0 radical (unpaired) electrons. The van der Waals surface area contributed by atoms with Gasteiger partial charge in [-0.1, -0.05) is 42.1 Å². The van der Waals surface area contributed by atoms with E-state index in [1.54, 1.807) is 17.8 Å². The molecule has 2 heterocycles. The first-order valence-electron chi connectivity index (χ1n) is 8.93. The van der Waals surface area contributed by atoms with E-state index in [1.165, 1.54) is 11.8 Å². The van der Waals surface area contributed by atoms with Crippen molar-refractivity contribution in [3.8, 4) is 0 Å². The molecule has 0 bridgehead atoms. The Labute approximate surface area is 166 Å². The molecule has 0 unspecified atom stereocenters. The molecule has 4 amide bonds. The van der Waals surface area contributed by atoms with E-state index in [0.717, 1.165) is 10.6 Å².